The summed E-state index contributed by atoms with van der Waals surface area (Å²) in [6, 6.07) is 2.15. The Kier molecular flexibility index (Phi) is 3.43. The number of nitrogens with zero attached hydrogens (tertiary/aromatic N) is 3. The number of hydrogen-bond donors (Lipinski definition) is 3. The summed E-state index contributed by atoms with van der Waals surface area (Å²) in [4.78, 5) is 6.55. The van der Waals surface area contributed by atoms with Crippen molar-refractivity contribution in [3.8, 4) is 0 Å². The van der Waals surface area contributed by atoms with Crippen molar-refractivity contribution in [1.29, 1.82) is 0 Å². The summed E-state index contributed by atoms with van der Waals surface area (Å²) in [5.74, 6) is 0.637. The Morgan fingerprint density at radius 2 is 2.05 bits per heavy atom. The fraction of sp³-hybridized carbons (Fsp3) is 0.538. The number of aliphatic hydroxyl groups is 1. The first-order chi connectivity index (χ1) is 9.61. The topological polar surface area (TPSA) is 95.0 Å². The van der Waals surface area contributed by atoms with Gasteiger partial charge in [0.25, 0.3) is 0 Å². The van der Waals surface area contributed by atoms with E-state index in [0.717, 1.165) is 25.7 Å². The van der Waals surface area contributed by atoms with E-state index < -0.39 is 0 Å². The van der Waals surface area contributed by atoms with Crippen molar-refractivity contribution in [2.45, 2.75) is 43.9 Å². The number of piperidine rings is 1. The molecule has 2 atom stereocenters. The summed E-state index contributed by atoms with van der Waals surface area (Å²) in [5.41, 5.74) is 6.11. The zero-order valence-electron chi connectivity index (χ0n) is 10.9. The molecule has 3 rings (SSSR count). The number of hydrogen-bond acceptors (Lipinski definition) is 5. The molecule has 2 bridgehead atoms. The zero-order chi connectivity index (χ0) is 14.3. The summed E-state index contributed by atoms with van der Waals surface area (Å²) in [7, 11) is 0. The molecule has 1 aromatic heterocycles. The highest BCUT2D eigenvalue weighted by Crippen LogP contribution is 2.41. The number of halogens is 1. The minimum Gasteiger partial charge on any atom is -0.409 e. The van der Waals surface area contributed by atoms with Crippen molar-refractivity contribution in [1.82, 2.24) is 4.98 Å². The zero-order valence-corrected chi connectivity index (χ0v) is 11.7. The van der Waals surface area contributed by atoms with Crippen LogP contribution in [0.1, 0.15) is 31.2 Å². The SMILES string of the molecule is N/C(=N/O)c1ccnc(N2C3CCC2CC(O)C3)c1Cl. The Balaban J connectivity index is 1.99. The number of nitrogens with two attached hydrogens (primary N) is 1. The lowest BCUT2D eigenvalue weighted by molar-refractivity contribution is 0.126. The Bertz CT molecular complexity index is 537. The standard InChI is InChI=1S/C13H17ClN4O2/c14-11-10(12(15)17-20)3-4-16-13(11)18-7-1-2-8(18)6-9(19)5-7/h3-4,7-9,19-20H,1-2,5-6H2,(H2,15,17). The van der Waals surface area contributed by atoms with Crippen LogP contribution in [-0.2, 0) is 0 Å². The van der Waals surface area contributed by atoms with Gasteiger partial charge in [0.1, 0.15) is 5.82 Å². The molecule has 0 saturated carbocycles. The van der Waals surface area contributed by atoms with Crippen LogP contribution in [0.25, 0.3) is 0 Å². The summed E-state index contributed by atoms with van der Waals surface area (Å²) in [6.07, 6.45) is 4.92. The van der Waals surface area contributed by atoms with Crippen LogP contribution in [0.2, 0.25) is 5.02 Å². The average molecular weight is 297 g/mol. The Hall–Kier alpha value is -1.53. The van der Waals surface area contributed by atoms with E-state index in [0.29, 0.717) is 16.4 Å². The number of pyridine rings is 1. The second kappa shape index (κ2) is 5.10. The summed E-state index contributed by atoms with van der Waals surface area (Å²) >= 11 is 6.37. The van der Waals surface area contributed by atoms with Crippen LogP contribution in [0, 0.1) is 0 Å². The molecule has 108 valence electrons. The van der Waals surface area contributed by atoms with Gasteiger partial charge in [-0.15, -0.1) is 0 Å². The number of amidine groups is 1. The lowest BCUT2D eigenvalue weighted by atomic mass is 9.99. The molecule has 2 saturated heterocycles. The van der Waals surface area contributed by atoms with Gasteiger partial charge >= 0.3 is 0 Å². The predicted molar refractivity (Wildman–Crippen MR) is 76.3 cm³/mol. The minimum absolute atomic E-state index is 0.0250. The summed E-state index contributed by atoms with van der Waals surface area (Å²) in [6.45, 7) is 0. The minimum atomic E-state index is -0.241. The second-order valence-electron chi connectivity index (χ2n) is 5.40. The van der Waals surface area contributed by atoms with E-state index in [1.165, 1.54) is 0 Å². The van der Waals surface area contributed by atoms with Gasteiger partial charge in [-0.2, -0.15) is 0 Å². The molecule has 20 heavy (non-hydrogen) atoms. The molecular weight excluding hydrogens is 280 g/mol. The van der Waals surface area contributed by atoms with Crippen LogP contribution >= 0.6 is 11.6 Å². The van der Waals surface area contributed by atoms with E-state index in [1.807, 2.05) is 0 Å². The van der Waals surface area contributed by atoms with E-state index in [-0.39, 0.29) is 24.0 Å². The Morgan fingerprint density at radius 3 is 2.65 bits per heavy atom. The van der Waals surface area contributed by atoms with Gasteiger partial charge in [-0.25, -0.2) is 4.98 Å². The van der Waals surface area contributed by atoms with Crippen LogP contribution in [0.3, 0.4) is 0 Å². The predicted octanol–water partition coefficient (Wildman–Crippen LogP) is 1.32. The molecule has 0 aliphatic carbocycles. The molecule has 0 spiro atoms. The van der Waals surface area contributed by atoms with Crippen molar-refractivity contribution < 1.29 is 10.3 Å². The fourth-order valence-electron chi connectivity index (χ4n) is 3.36. The first-order valence-electron chi connectivity index (χ1n) is 6.70. The smallest absolute Gasteiger partial charge is 0.171 e. The normalized spacial score (nSPS) is 29.8. The van der Waals surface area contributed by atoms with Crippen molar-refractivity contribution in [2.24, 2.45) is 10.9 Å². The molecular formula is C13H17ClN4O2. The maximum atomic E-state index is 9.85. The molecule has 2 unspecified atom stereocenters. The van der Waals surface area contributed by atoms with Gasteiger partial charge in [-0.1, -0.05) is 16.8 Å². The van der Waals surface area contributed by atoms with E-state index in [4.69, 9.17) is 22.5 Å². The number of fused-ring (bicyclic) bond motifs is 2. The summed E-state index contributed by atoms with van der Waals surface area (Å²) in [5, 5.41) is 22.0. The van der Waals surface area contributed by atoms with Crippen LogP contribution < -0.4 is 10.6 Å². The van der Waals surface area contributed by atoms with Gasteiger partial charge in [-0.3, -0.25) is 0 Å². The molecule has 1 aromatic rings. The number of rotatable bonds is 2. The fourth-order valence-corrected chi connectivity index (χ4v) is 3.66. The van der Waals surface area contributed by atoms with Crippen LogP contribution in [0.5, 0.6) is 0 Å². The third-order valence-corrected chi connectivity index (χ3v) is 4.58. The maximum Gasteiger partial charge on any atom is 0.171 e. The molecule has 2 aliphatic rings. The molecule has 3 heterocycles. The quantitative estimate of drug-likeness (QED) is 0.331. The van der Waals surface area contributed by atoms with E-state index in [9.17, 15) is 5.11 Å². The molecule has 0 aromatic carbocycles. The lowest BCUT2D eigenvalue weighted by Crippen LogP contribution is -2.45. The number of aliphatic hydroxyl groups excluding tert-OH is 1. The van der Waals surface area contributed by atoms with Gasteiger partial charge in [0.2, 0.25) is 0 Å². The number of aromatic nitrogens is 1. The van der Waals surface area contributed by atoms with Gasteiger partial charge in [0, 0.05) is 23.8 Å². The molecule has 2 aliphatic heterocycles. The Labute approximate surface area is 121 Å². The molecule has 6 nitrogen and oxygen atoms in total. The lowest BCUT2D eigenvalue weighted by Gasteiger charge is -2.38. The van der Waals surface area contributed by atoms with Crippen LogP contribution in [-0.4, -0.2) is 39.3 Å². The van der Waals surface area contributed by atoms with Gasteiger partial charge in [0.15, 0.2) is 5.84 Å². The summed E-state index contributed by atoms with van der Waals surface area (Å²) < 4.78 is 0. The van der Waals surface area contributed by atoms with Crippen molar-refractivity contribution in [2.75, 3.05) is 4.90 Å². The largest absolute Gasteiger partial charge is 0.409 e. The molecule has 7 heteroatoms. The molecule has 4 N–H and O–H groups in total. The van der Waals surface area contributed by atoms with Crippen molar-refractivity contribution in [3.05, 3.63) is 22.8 Å². The number of oxime groups is 1. The van der Waals surface area contributed by atoms with E-state index in [1.54, 1.807) is 12.3 Å². The Morgan fingerprint density at radius 1 is 1.40 bits per heavy atom. The van der Waals surface area contributed by atoms with Crippen molar-refractivity contribution in [3.63, 3.8) is 0 Å². The third kappa shape index (κ3) is 2.09. The highest BCUT2D eigenvalue weighted by atomic mass is 35.5. The van der Waals surface area contributed by atoms with Crippen LogP contribution in [0.4, 0.5) is 5.82 Å². The third-order valence-electron chi connectivity index (χ3n) is 4.21. The van der Waals surface area contributed by atoms with Gasteiger partial charge in [-0.05, 0) is 31.7 Å². The van der Waals surface area contributed by atoms with Gasteiger partial charge < -0.3 is 20.9 Å². The highest BCUT2D eigenvalue weighted by Gasteiger charge is 2.41. The maximum absolute atomic E-state index is 9.85. The molecule has 0 radical (unpaired) electrons. The second-order valence-corrected chi connectivity index (χ2v) is 5.78. The monoisotopic (exact) mass is 296 g/mol. The first-order valence-corrected chi connectivity index (χ1v) is 7.08. The van der Waals surface area contributed by atoms with E-state index in [2.05, 4.69) is 15.0 Å². The van der Waals surface area contributed by atoms with Crippen LogP contribution in [0.15, 0.2) is 17.4 Å². The number of anilines is 1. The van der Waals surface area contributed by atoms with E-state index >= 15 is 0 Å². The molecule has 0 amide bonds. The highest BCUT2D eigenvalue weighted by molar-refractivity contribution is 6.36. The van der Waals surface area contributed by atoms with Gasteiger partial charge in [0.05, 0.1) is 11.1 Å². The average Bonchev–Trinajstić information content (AvgIpc) is 2.70. The molecule has 2 fully saturated rings. The van der Waals surface area contributed by atoms with Crippen molar-refractivity contribution >= 4 is 23.3 Å². The first kappa shape index (κ1) is 13.5.